The van der Waals surface area contributed by atoms with E-state index in [1.807, 2.05) is 24.5 Å². The summed E-state index contributed by atoms with van der Waals surface area (Å²) in [5, 5.41) is 3.39. The van der Waals surface area contributed by atoms with Gasteiger partial charge in [-0.3, -0.25) is 4.57 Å². The zero-order valence-corrected chi connectivity index (χ0v) is 12.9. The van der Waals surface area contributed by atoms with Crippen LogP contribution in [-0.4, -0.2) is 16.1 Å². The summed E-state index contributed by atoms with van der Waals surface area (Å²) in [6, 6.07) is 14.6. The molecule has 0 spiro atoms. The van der Waals surface area contributed by atoms with Gasteiger partial charge >= 0.3 is 0 Å². The van der Waals surface area contributed by atoms with Crippen LogP contribution in [0.1, 0.15) is 12.5 Å². The maximum Gasteiger partial charge on any atom is 0.100 e. The van der Waals surface area contributed by atoms with E-state index in [1.165, 1.54) is 5.56 Å². The number of hydrogen-bond acceptors (Lipinski definition) is 2. The summed E-state index contributed by atoms with van der Waals surface area (Å²) in [5.74, 6) is 0. The van der Waals surface area contributed by atoms with Crippen molar-refractivity contribution in [3.05, 3.63) is 58.8 Å². The van der Waals surface area contributed by atoms with Crippen molar-refractivity contribution in [3.8, 4) is 5.69 Å². The van der Waals surface area contributed by atoms with Crippen LogP contribution < -0.4 is 5.32 Å². The molecule has 0 saturated carbocycles. The molecule has 4 heteroatoms. The molecule has 102 valence electrons. The molecule has 3 nitrogen and oxygen atoms in total. The monoisotopic (exact) mass is 329 g/mol. The standard InChI is InChI=1S/C16H16BrN3/c1-2-18-10-12-7-8-13(17)9-16(12)20-11-19-14-5-3-4-6-15(14)20/h3-9,11,18H,2,10H2,1H3. The lowest BCUT2D eigenvalue weighted by atomic mass is 10.1. The number of nitrogens with zero attached hydrogens (tertiary/aromatic N) is 2. The van der Waals surface area contributed by atoms with E-state index in [2.05, 4.69) is 62.0 Å². The highest BCUT2D eigenvalue weighted by Gasteiger charge is 2.09. The van der Waals surface area contributed by atoms with E-state index in [9.17, 15) is 0 Å². The van der Waals surface area contributed by atoms with Crippen LogP contribution in [0.25, 0.3) is 16.7 Å². The second-order valence-corrected chi connectivity index (χ2v) is 5.57. The van der Waals surface area contributed by atoms with Gasteiger partial charge in [0.2, 0.25) is 0 Å². The van der Waals surface area contributed by atoms with Crippen molar-refractivity contribution < 1.29 is 0 Å². The van der Waals surface area contributed by atoms with Crippen LogP contribution in [0.15, 0.2) is 53.3 Å². The number of halogens is 1. The van der Waals surface area contributed by atoms with E-state index in [0.29, 0.717) is 0 Å². The van der Waals surface area contributed by atoms with E-state index >= 15 is 0 Å². The normalized spacial score (nSPS) is 11.1. The van der Waals surface area contributed by atoms with Gasteiger partial charge in [0.1, 0.15) is 6.33 Å². The zero-order valence-electron chi connectivity index (χ0n) is 11.3. The number of fused-ring (bicyclic) bond motifs is 1. The molecular formula is C16H16BrN3. The van der Waals surface area contributed by atoms with Gasteiger partial charge in [0.05, 0.1) is 16.7 Å². The van der Waals surface area contributed by atoms with E-state index < -0.39 is 0 Å². The van der Waals surface area contributed by atoms with Crippen molar-refractivity contribution in [1.29, 1.82) is 0 Å². The van der Waals surface area contributed by atoms with E-state index in [4.69, 9.17) is 0 Å². The van der Waals surface area contributed by atoms with Crippen LogP contribution in [0.5, 0.6) is 0 Å². The quantitative estimate of drug-likeness (QED) is 0.786. The molecule has 0 saturated heterocycles. The molecule has 3 aromatic rings. The summed E-state index contributed by atoms with van der Waals surface area (Å²) in [5.41, 5.74) is 4.57. The minimum Gasteiger partial charge on any atom is -0.313 e. The number of para-hydroxylation sites is 2. The van der Waals surface area contributed by atoms with Crippen LogP contribution in [0.2, 0.25) is 0 Å². The van der Waals surface area contributed by atoms with Gasteiger partial charge in [-0.25, -0.2) is 4.98 Å². The van der Waals surface area contributed by atoms with Gasteiger partial charge in [-0.2, -0.15) is 0 Å². The number of aromatic nitrogens is 2. The largest absolute Gasteiger partial charge is 0.313 e. The van der Waals surface area contributed by atoms with Gasteiger partial charge in [0.25, 0.3) is 0 Å². The molecule has 0 aliphatic carbocycles. The second-order valence-electron chi connectivity index (χ2n) is 4.66. The van der Waals surface area contributed by atoms with Crippen molar-refractivity contribution >= 4 is 27.0 Å². The third-order valence-corrected chi connectivity index (χ3v) is 3.82. The topological polar surface area (TPSA) is 29.9 Å². The molecule has 0 fully saturated rings. The Labute approximate surface area is 126 Å². The number of imidazole rings is 1. The molecular weight excluding hydrogens is 314 g/mol. The Morgan fingerprint density at radius 2 is 2.05 bits per heavy atom. The molecule has 0 atom stereocenters. The van der Waals surface area contributed by atoms with Gasteiger partial charge in [-0.1, -0.05) is 41.1 Å². The average molecular weight is 330 g/mol. The van der Waals surface area contributed by atoms with E-state index in [0.717, 1.165) is 34.3 Å². The Kier molecular flexibility index (Phi) is 3.85. The van der Waals surface area contributed by atoms with Crippen molar-refractivity contribution in [2.45, 2.75) is 13.5 Å². The van der Waals surface area contributed by atoms with Gasteiger partial charge in [0.15, 0.2) is 0 Å². The zero-order chi connectivity index (χ0) is 13.9. The first kappa shape index (κ1) is 13.3. The molecule has 2 aromatic carbocycles. The Balaban J connectivity index is 2.14. The van der Waals surface area contributed by atoms with Crippen molar-refractivity contribution in [1.82, 2.24) is 14.9 Å². The first-order valence-corrected chi connectivity index (χ1v) is 7.50. The summed E-state index contributed by atoms with van der Waals surface area (Å²) in [6.45, 7) is 3.93. The molecule has 0 bridgehead atoms. The summed E-state index contributed by atoms with van der Waals surface area (Å²) < 4.78 is 3.22. The molecule has 0 radical (unpaired) electrons. The van der Waals surface area contributed by atoms with Gasteiger partial charge in [-0.15, -0.1) is 0 Å². The molecule has 1 heterocycles. The molecule has 1 N–H and O–H groups in total. The lowest BCUT2D eigenvalue weighted by Crippen LogP contribution is -2.13. The highest BCUT2D eigenvalue weighted by atomic mass is 79.9. The number of rotatable bonds is 4. The minimum atomic E-state index is 0.853. The third-order valence-electron chi connectivity index (χ3n) is 3.33. The summed E-state index contributed by atoms with van der Waals surface area (Å²) in [6.07, 6.45) is 1.89. The maximum absolute atomic E-state index is 4.47. The van der Waals surface area contributed by atoms with Crippen LogP contribution in [-0.2, 0) is 6.54 Å². The Morgan fingerprint density at radius 1 is 1.20 bits per heavy atom. The van der Waals surface area contributed by atoms with E-state index in [1.54, 1.807) is 0 Å². The van der Waals surface area contributed by atoms with Gasteiger partial charge in [-0.05, 0) is 36.4 Å². The van der Waals surface area contributed by atoms with Crippen LogP contribution in [0, 0.1) is 0 Å². The molecule has 0 unspecified atom stereocenters. The van der Waals surface area contributed by atoms with Crippen LogP contribution in [0.3, 0.4) is 0 Å². The molecule has 1 aromatic heterocycles. The number of benzene rings is 2. The smallest absolute Gasteiger partial charge is 0.100 e. The average Bonchev–Trinajstić information content (AvgIpc) is 2.90. The number of hydrogen-bond donors (Lipinski definition) is 1. The van der Waals surface area contributed by atoms with Crippen molar-refractivity contribution in [3.63, 3.8) is 0 Å². The Hall–Kier alpha value is -1.65. The summed E-state index contributed by atoms with van der Waals surface area (Å²) in [4.78, 5) is 4.47. The lowest BCUT2D eigenvalue weighted by Gasteiger charge is -2.12. The van der Waals surface area contributed by atoms with E-state index in [-0.39, 0.29) is 0 Å². The summed E-state index contributed by atoms with van der Waals surface area (Å²) in [7, 11) is 0. The predicted octanol–water partition coefficient (Wildman–Crippen LogP) is 3.90. The fraction of sp³-hybridized carbons (Fsp3) is 0.188. The lowest BCUT2D eigenvalue weighted by molar-refractivity contribution is 0.723. The Bertz CT molecular complexity index is 733. The molecule has 0 aliphatic rings. The first-order valence-electron chi connectivity index (χ1n) is 6.71. The fourth-order valence-electron chi connectivity index (χ4n) is 2.32. The van der Waals surface area contributed by atoms with Gasteiger partial charge < -0.3 is 5.32 Å². The SMILES string of the molecule is CCNCc1ccc(Br)cc1-n1cnc2ccccc21. The highest BCUT2D eigenvalue weighted by molar-refractivity contribution is 9.10. The highest BCUT2D eigenvalue weighted by Crippen LogP contribution is 2.24. The summed E-state index contributed by atoms with van der Waals surface area (Å²) >= 11 is 3.56. The van der Waals surface area contributed by atoms with Gasteiger partial charge in [0, 0.05) is 11.0 Å². The minimum absolute atomic E-state index is 0.853. The molecule has 0 aliphatic heterocycles. The number of nitrogens with one attached hydrogen (secondary N) is 1. The van der Waals surface area contributed by atoms with Crippen molar-refractivity contribution in [2.24, 2.45) is 0 Å². The molecule has 0 amide bonds. The maximum atomic E-state index is 4.47. The first-order chi connectivity index (χ1) is 9.79. The second kappa shape index (κ2) is 5.77. The fourth-order valence-corrected chi connectivity index (χ4v) is 2.67. The molecule has 20 heavy (non-hydrogen) atoms. The third kappa shape index (κ3) is 2.49. The predicted molar refractivity (Wildman–Crippen MR) is 86.2 cm³/mol. The van der Waals surface area contributed by atoms with Crippen LogP contribution >= 0.6 is 15.9 Å². The molecule has 3 rings (SSSR count). The van der Waals surface area contributed by atoms with Crippen LogP contribution in [0.4, 0.5) is 0 Å². The Morgan fingerprint density at radius 3 is 2.90 bits per heavy atom. The van der Waals surface area contributed by atoms with Crippen molar-refractivity contribution in [2.75, 3.05) is 6.54 Å².